The first-order valence-corrected chi connectivity index (χ1v) is 5.91. The van der Waals surface area contributed by atoms with E-state index in [-0.39, 0.29) is 5.28 Å². The first-order chi connectivity index (χ1) is 9.33. The van der Waals surface area contributed by atoms with Crippen LogP contribution in [0.15, 0.2) is 41.6 Å². The summed E-state index contributed by atoms with van der Waals surface area (Å²) >= 11 is 5.81. The minimum absolute atomic E-state index is 0.133. The summed E-state index contributed by atoms with van der Waals surface area (Å²) in [6.45, 7) is 0. The Hall–Kier alpha value is -2.47. The Bertz CT molecular complexity index is 721. The van der Waals surface area contributed by atoms with E-state index in [4.69, 9.17) is 11.6 Å². The van der Waals surface area contributed by atoms with Crippen LogP contribution in [0, 0.1) is 0 Å². The van der Waals surface area contributed by atoms with Gasteiger partial charge in [-0.3, -0.25) is 10.5 Å². The van der Waals surface area contributed by atoms with Crippen LogP contribution in [0.2, 0.25) is 5.28 Å². The van der Waals surface area contributed by atoms with Crippen molar-refractivity contribution in [3.05, 3.63) is 47.4 Å². The van der Waals surface area contributed by atoms with E-state index in [1.807, 2.05) is 30.3 Å². The molecule has 3 aromatic rings. The quantitative estimate of drug-likeness (QED) is 0.436. The summed E-state index contributed by atoms with van der Waals surface area (Å²) in [7, 11) is 0. The standard InChI is InChI=1S/C12H9ClN6/c13-12-16-10(9-7-15-19-11(9)17-12)18-14-6-8-4-2-1-3-5-8/h1-7H,(H2,15,16,17,18,19)/b14-6+. The molecule has 0 spiro atoms. The molecule has 0 amide bonds. The first kappa shape index (κ1) is 11.6. The fourth-order valence-electron chi connectivity index (χ4n) is 1.60. The second-order valence-electron chi connectivity index (χ2n) is 3.75. The van der Waals surface area contributed by atoms with E-state index in [0.717, 1.165) is 10.9 Å². The van der Waals surface area contributed by atoms with E-state index in [1.54, 1.807) is 12.4 Å². The Morgan fingerprint density at radius 2 is 2.05 bits per heavy atom. The lowest BCUT2D eigenvalue weighted by atomic mass is 10.2. The number of hydrogen-bond donors (Lipinski definition) is 2. The molecule has 0 unspecified atom stereocenters. The highest BCUT2D eigenvalue weighted by atomic mass is 35.5. The van der Waals surface area contributed by atoms with E-state index in [1.165, 1.54) is 0 Å². The van der Waals surface area contributed by atoms with Gasteiger partial charge in [0.1, 0.15) is 0 Å². The highest BCUT2D eigenvalue weighted by Gasteiger charge is 2.07. The zero-order chi connectivity index (χ0) is 13.1. The number of hydrogen-bond acceptors (Lipinski definition) is 5. The molecule has 0 saturated heterocycles. The van der Waals surface area contributed by atoms with E-state index in [2.05, 4.69) is 30.7 Å². The van der Waals surface area contributed by atoms with E-state index in [9.17, 15) is 0 Å². The number of anilines is 1. The second kappa shape index (κ2) is 5.03. The lowest BCUT2D eigenvalue weighted by Crippen LogP contribution is -1.96. The van der Waals surface area contributed by atoms with Crippen molar-refractivity contribution in [1.29, 1.82) is 0 Å². The summed E-state index contributed by atoms with van der Waals surface area (Å²) < 4.78 is 0. The zero-order valence-corrected chi connectivity index (χ0v) is 10.5. The first-order valence-electron chi connectivity index (χ1n) is 5.54. The third kappa shape index (κ3) is 2.53. The zero-order valence-electron chi connectivity index (χ0n) is 9.71. The van der Waals surface area contributed by atoms with Crippen LogP contribution in [0.5, 0.6) is 0 Å². The van der Waals surface area contributed by atoms with Gasteiger partial charge < -0.3 is 0 Å². The van der Waals surface area contributed by atoms with Gasteiger partial charge in [-0.2, -0.15) is 20.2 Å². The highest BCUT2D eigenvalue weighted by Crippen LogP contribution is 2.19. The minimum Gasteiger partial charge on any atom is -0.261 e. The molecule has 7 heteroatoms. The summed E-state index contributed by atoms with van der Waals surface area (Å²) in [5.74, 6) is 0.510. The van der Waals surface area contributed by atoms with Crippen molar-refractivity contribution in [1.82, 2.24) is 20.2 Å². The summed E-state index contributed by atoms with van der Waals surface area (Å²) in [5, 5.41) is 11.6. The monoisotopic (exact) mass is 272 g/mol. The predicted octanol–water partition coefficient (Wildman–Crippen LogP) is 2.45. The van der Waals surface area contributed by atoms with Gasteiger partial charge in [0.15, 0.2) is 11.5 Å². The normalized spacial score (nSPS) is 11.2. The molecule has 0 radical (unpaired) electrons. The van der Waals surface area contributed by atoms with Gasteiger partial charge in [-0.1, -0.05) is 30.3 Å². The van der Waals surface area contributed by atoms with Crippen LogP contribution >= 0.6 is 11.6 Å². The van der Waals surface area contributed by atoms with Crippen molar-refractivity contribution in [2.45, 2.75) is 0 Å². The number of H-pyrrole nitrogens is 1. The van der Waals surface area contributed by atoms with Crippen LogP contribution in [0.3, 0.4) is 0 Å². The van der Waals surface area contributed by atoms with Crippen LogP contribution in [0.4, 0.5) is 5.82 Å². The molecule has 94 valence electrons. The van der Waals surface area contributed by atoms with Crippen molar-refractivity contribution >= 4 is 34.7 Å². The Balaban J connectivity index is 1.86. The molecule has 0 atom stereocenters. The fourth-order valence-corrected chi connectivity index (χ4v) is 1.77. The maximum Gasteiger partial charge on any atom is 0.226 e. The van der Waals surface area contributed by atoms with Gasteiger partial charge in [-0.05, 0) is 17.2 Å². The number of benzene rings is 1. The third-order valence-electron chi connectivity index (χ3n) is 2.47. The van der Waals surface area contributed by atoms with Crippen LogP contribution in [-0.2, 0) is 0 Å². The van der Waals surface area contributed by atoms with E-state index >= 15 is 0 Å². The third-order valence-corrected chi connectivity index (χ3v) is 2.64. The molecule has 0 saturated carbocycles. The van der Waals surface area contributed by atoms with Crippen molar-refractivity contribution in [3.8, 4) is 0 Å². The Morgan fingerprint density at radius 1 is 1.21 bits per heavy atom. The van der Waals surface area contributed by atoms with Crippen LogP contribution < -0.4 is 5.43 Å². The van der Waals surface area contributed by atoms with Crippen molar-refractivity contribution in [2.75, 3.05) is 5.43 Å². The molecule has 0 aliphatic carbocycles. The molecular formula is C12H9ClN6. The number of halogens is 1. The Kier molecular flexibility index (Phi) is 3.07. The number of hydrazone groups is 1. The van der Waals surface area contributed by atoms with Crippen LogP contribution in [0.1, 0.15) is 5.56 Å². The van der Waals surface area contributed by atoms with Crippen molar-refractivity contribution in [3.63, 3.8) is 0 Å². The van der Waals surface area contributed by atoms with Crippen molar-refractivity contribution in [2.24, 2.45) is 5.10 Å². The fraction of sp³-hybridized carbons (Fsp3) is 0. The van der Waals surface area contributed by atoms with E-state index in [0.29, 0.717) is 11.5 Å². The molecular weight excluding hydrogens is 264 g/mol. The molecule has 1 aromatic carbocycles. The number of aromatic amines is 1. The minimum atomic E-state index is 0.133. The summed E-state index contributed by atoms with van der Waals surface area (Å²) in [6, 6.07) is 9.73. The molecule has 0 aliphatic rings. The van der Waals surface area contributed by atoms with Gasteiger partial charge in [0.25, 0.3) is 0 Å². The maximum atomic E-state index is 5.81. The lowest BCUT2D eigenvalue weighted by Gasteiger charge is -2.00. The molecule has 0 aliphatic heterocycles. The SMILES string of the molecule is Clc1nc(N/N=C/c2ccccc2)c2cn[nH]c2n1. The topological polar surface area (TPSA) is 78.9 Å². The summed E-state index contributed by atoms with van der Waals surface area (Å²) in [5.41, 5.74) is 4.39. The molecule has 19 heavy (non-hydrogen) atoms. The van der Waals surface area contributed by atoms with Gasteiger partial charge in [0.05, 0.1) is 17.8 Å². The molecule has 2 heterocycles. The van der Waals surface area contributed by atoms with Crippen LogP contribution in [-0.4, -0.2) is 26.4 Å². The molecule has 0 bridgehead atoms. The van der Waals surface area contributed by atoms with Crippen LogP contribution in [0.25, 0.3) is 11.0 Å². The van der Waals surface area contributed by atoms with E-state index < -0.39 is 0 Å². The smallest absolute Gasteiger partial charge is 0.226 e. The molecule has 0 fully saturated rings. The summed E-state index contributed by atoms with van der Waals surface area (Å²) in [6.07, 6.45) is 3.31. The molecule has 2 aromatic heterocycles. The van der Waals surface area contributed by atoms with Gasteiger partial charge in [0, 0.05) is 0 Å². The number of aromatic nitrogens is 4. The Labute approximate surface area is 113 Å². The van der Waals surface area contributed by atoms with Gasteiger partial charge in [-0.15, -0.1) is 0 Å². The number of rotatable bonds is 3. The largest absolute Gasteiger partial charge is 0.261 e. The van der Waals surface area contributed by atoms with Gasteiger partial charge in [-0.25, -0.2) is 0 Å². The maximum absolute atomic E-state index is 5.81. The molecule has 2 N–H and O–H groups in total. The molecule has 6 nitrogen and oxygen atoms in total. The molecule has 3 rings (SSSR count). The number of nitrogens with one attached hydrogen (secondary N) is 2. The van der Waals surface area contributed by atoms with Crippen molar-refractivity contribution < 1.29 is 0 Å². The van der Waals surface area contributed by atoms with Gasteiger partial charge in [0.2, 0.25) is 5.28 Å². The average molecular weight is 273 g/mol. The second-order valence-corrected chi connectivity index (χ2v) is 4.09. The lowest BCUT2D eigenvalue weighted by molar-refractivity contribution is 1.09. The number of fused-ring (bicyclic) bond motifs is 1. The average Bonchev–Trinajstić information content (AvgIpc) is 2.88. The van der Waals surface area contributed by atoms with Gasteiger partial charge >= 0.3 is 0 Å². The highest BCUT2D eigenvalue weighted by molar-refractivity contribution is 6.28. The predicted molar refractivity (Wildman–Crippen MR) is 74.4 cm³/mol. The Morgan fingerprint density at radius 3 is 2.89 bits per heavy atom. The summed E-state index contributed by atoms with van der Waals surface area (Å²) in [4.78, 5) is 8.08. The number of nitrogens with zero attached hydrogens (tertiary/aromatic N) is 4.